The van der Waals surface area contributed by atoms with Gasteiger partial charge in [-0.25, -0.2) is 0 Å². The minimum Gasteiger partial charge on any atom is -0.397 e. The molecule has 0 unspecified atom stereocenters. The average Bonchev–Trinajstić information content (AvgIpc) is 3.01. The van der Waals surface area contributed by atoms with Crippen LogP contribution >= 0.6 is 15.9 Å². The Morgan fingerprint density at radius 2 is 1.52 bits per heavy atom. The van der Waals surface area contributed by atoms with Gasteiger partial charge in [0, 0.05) is 15.6 Å². The summed E-state index contributed by atoms with van der Waals surface area (Å²) >= 11 is 3.44. The van der Waals surface area contributed by atoms with Gasteiger partial charge in [-0.2, -0.15) is 10.5 Å². The molecule has 1 aliphatic carbocycles. The number of nitriles is 2. The van der Waals surface area contributed by atoms with Crippen LogP contribution in [0, 0.1) is 22.7 Å². The van der Waals surface area contributed by atoms with Gasteiger partial charge in [-0.05, 0) is 40.8 Å². The number of halogens is 1. The summed E-state index contributed by atoms with van der Waals surface area (Å²) in [6.45, 7) is 0. The fourth-order valence-electron chi connectivity index (χ4n) is 3.57. The number of nitrogens with two attached hydrogens (primary N) is 1. The second kappa shape index (κ2) is 5.77. The molecule has 3 aromatic rings. The first kappa shape index (κ1) is 15.4. The van der Waals surface area contributed by atoms with E-state index in [4.69, 9.17) is 5.73 Å². The van der Waals surface area contributed by atoms with Gasteiger partial charge < -0.3 is 5.73 Å². The van der Waals surface area contributed by atoms with Gasteiger partial charge in [0.25, 0.3) is 0 Å². The predicted molar refractivity (Wildman–Crippen MR) is 102 cm³/mol. The molecule has 1 aliphatic rings. The summed E-state index contributed by atoms with van der Waals surface area (Å²) < 4.78 is 0.969. The number of hydrogen-bond donors (Lipinski definition) is 1. The van der Waals surface area contributed by atoms with Gasteiger partial charge in [0.1, 0.15) is 12.1 Å². The molecule has 0 aromatic heterocycles. The van der Waals surface area contributed by atoms with E-state index < -0.39 is 0 Å². The predicted octanol–water partition coefficient (Wildman–Crippen LogP) is 5.01. The van der Waals surface area contributed by atoms with E-state index in [1.165, 1.54) is 0 Å². The molecule has 118 valence electrons. The largest absolute Gasteiger partial charge is 0.397 e. The molecule has 0 radical (unpaired) electrons. The third-order valence-electron chi connectivity index (χ3n) is 4.65. The van der Waals surface area contributed by atoms with E-state index in [0.29, 0.717) is 17.5 Å². The highest BCUT2D eigenvalue weighted by atomic mass is 79.9. The monoisotopic (exact) mass is 385 g/mol. The molecular weight excluding hydrogens is 374 g/mol. The summed E-state index contributed by atoms with van der Waals surface area (Å²) in [5.41, 5.74) is 13.1. The van der Waals surface area contributed by atoms with Crippen LogP contribution in [0.5, 0.6) is 0 Å². The van der Waals surface area contributed by atoms with Gasteiger partial charge in [-0.3, -0.25) is 0 Å². The molecule has 0 saturated heterocycles. The highest BCUT2D eigenvalue weighted by Gasteiger charge is 2.29. The van der Waals surface area contributed by atoms with Crippen molar-refractivity contribution in [2.75, 3.05) is 5.73 Å². The SMILES string of the molecule is N#Cc1c(N)c(C#N)c2c(c1-c1ccc(Br)cc1)Cc1ccccc1-2. The molecule has 0 heterocycles. The van der Waals surface area contributed by atoms with E-state index in [9.17, 15) is 10.5 Å². The Morgan fingerprint density at radius 3 is 2.20 bits per heavy atom. The summed E-state index contributed by atoms with van der Waals surface area (Å²) in [4.78, 5) is 0. The topological polar surface area (TPSA) is 73.6 Å². The Labute approximate surface area is 154 Å². The van der Waals surface area contributed by atoms with Crippen LogP contribution in [0.15, 0.2) is 53.0 Å². The lowest BCUT2D eigenvalue weighted by molar-refractivity contribution is 1.26. The molecule has 0 atom stereocenters. The molecule has 0 aliphatic heterocycles. The lowest BCUT2D eigenvalue weighted by Gasteiger charge is -2.16. The smallest absolute Gasteiger partial charge is 0.102 e. The Bertz CT molecular complexity index is 1100. The van der Waals surface area contributed by atoms with Gasteiger partial charge in [-0.1, -0.05) is 52.3 Å². The average molecular weight is 386 g/mol. The number of anilines is 1. The molecule has 3 nitrogen and oxygen atoms in total. The second-order valence-corrected chi connectivity index (χ2v) is 6.87. The zero-order chi connectivity index (χ0) is 17.6. The molecule has 0 spiro atoms. The number of rotatable bonds is 1. The summed E-state index contributed by atoms with van der Waals surface area (Å²) in [7, 11) is 0. The van der Waals surface area contributed by atoms with E-state index in [1.54, 1.807) is 0 Å². The zero-order valence-electron chi connectivity index (χ0n) is 13.2. The van der Waals surface area contributed by atoms with Crippen molar-refractivity contribution in [1.29, 1.82) is 10.5 Å². The van der Waals surface area contributed by atoms with Crippen LogP contribution in [-0.2, 0) is 6.42 Å². The zero-order valence-corrected chi connectivity index (χ0v) is 14.8. The highest BCUT2D eigenvalue weighted by Crippen LogP contribution is 2.47. The van der Waals surface area contributed by atoms with E-state index in [2.05, 4.69) is 34.1 Å². The molecule has 0 bridgehead atoms. The van der Waals surface area contributed by atoms with Crippen molar-refractivity contribution in [3.63, 3.8) is 0 Å². The van der Waals surface area contributed by atoms with Crippen molar-refractivity contribution in [2.24, 2.45) is 0 Å². The van der Waals surface area contributed by atoms with Gasteiger partial charge in [0.05, 0.1) is 16.8 Å². The number of benzene rings is 3. The molecular formula is C21H12BrN3. The van der Waals surface area contributed by atoms with Crippen molar-refractivity contribution in [3.8, 4) is 34.4 Å². The maximum atomic E-state index is 9.73. The molecule has 0 amide bonds. The van der Waals surface area contributed by atoms with Crippen LogP contribution < -0.4 is 5.73 Å². The molecule has 25 heavy (non-hydrogen) atoms. The first-order chi connectivity index (χ1) is 12.2. The van der Waals surface area contributed by atoms with Crippen molar-refractivity contribution < 1.29 is 0 Å². The Hall–Kier alpha value is -3.08. The summed E-state index contributed by atoms with van der Waals surface area (Å²) in [5.74, 6) is 0. The van der Waals surface area contributed by atoms with Crippen LogP contribution in [-0.4, -0.2) is 0 Å². The van der Waals surface area contributed by atoms with Gasteiger partial charge >= 0.3 is 0 Å². The fraction of sp³-hybridized carbons (Fsp3) is 0.0476. The highest BCUT2D eigenvalue weighted by molar-refractivity contribution is 9.10. The number of nitrogens with zero attached hydrogens (tertiary/aromatic N) is 2. The Morgan fingerprint density at radius 1 is 0.880 bits per heavy atom. The number of hydrogen-bond acceptors (Lipinski definition) is 3. The summed E-state index contributed by atoms with van der Waals surface area (Å²) in [5, 5.41) is 19.4. The maximum absolute atomic E-state index is 9.73. The van der Waals surface area contributed by atoms with Crippen LogP contribution in [0.2, 0.25) is 0 Å². The third kappa shape index (κ3) is 2.23. The van der Waals surface area contributed by atoms with Crippen molar-refractivity contribution in [3.05, 3.63) is 75.3 Å². The first-order valence-corrected chi connectivity index (χ1v) is 8.57. The molecule has 4 rings (SSSR count). The van der Waals surface area contributed by atoms with Gasteiger partial charge in [0.2, 0.25) is 0 Å². The number of fused-ring (bicyclic) bond motifs is 3. The minimum absolute atomic E-state index is 0.262. The Kier molecular flexibility index (Phi) is 3.57. The van der Waals surface area contributed by atoms with Crippen LogP contribution in [0.25, 0.3) is 22.3 Å². The van der Waals surface area contributed by atoms with E-state index >= 15 is 0 Å². The summed E-state index contributed by atoms with van der Waals surface area (Å²) in [6, 6.07) is 20.3. The lowest BCUT2D eigenvalue weighted by Crippen LogP contribution is -2.03. The number of nitrogen functional groups attached to an aromatic ring is 1. The maximum Gasteiger partial charge on any atom is 0.102 e. The van der Waals surface area contributed by atoms with Crippen LogP contribution in [0.4, 0.5) is 5.69 Å². The second-order valence-electron chi connectivity index (χ2n) is 5.96. The third-order valence-corrected chi connectivity index (χ3v) is 5.18. The quantitative estimate of drug-likeness (QED) is 0.467. The van der Waals surface area contributed by atoms with Crippen LogP contribution in [0.1, 0.15) is 22.3 Å². The lowest BCUT2D eigenvalue weighted by atomic mass is 9.87. The molecule has 0 saturated carbocycles. The molecule has 4 heteroatoms. The summed E-state index contributed by atoms with van der Waals surface area (Å²) in [6.07, 6.45) is 0.695. The standard InChI is InChI=1S/C21H12BrN3/c22-14-7-5-12(6-8-14)19-16-9-13-3-1-2-4-15(13)20(16)18(11-24)21(25)17(19)10-23/h1-8H,9,25H2. The molecule has 0 fully saturated rings. The molecule has 3 aromatic carbocycles. The first-order valence-electron chi connectivity index (χ1n) is 7.78. The van der Waals surface area contributed by atoms with Crippen molar-refractivity contribution in [1.82, 2.24) is 0 Å². The van der Waals surface area contributed by atoms with Crippen LogP contribution in [0.3, 0.4) is 0 Å². The van der Waals surface area contributed by atoms with Crippen molar-refractivity contribution >= 4 is 21.6 Å². The van der Waals surface area contributed by atoms with Gasteiger partial charge in [0.15, 0.2) is 0 Å². The normalized spacial score (nSPS) is 11.3. The Balaban J connectivity index is 2.14. The fourth-order valence-corrected chi connectivity index (χ4v) is 3.84. The van der Waals surface area contributed by atoms with E-state index in [1.807, 2.05) is 42.5 Å². The molecule has 2 N–H and O–H groups in total. The van der Waals surface area contributed by atoms with E-state index in [0.717, 1.165) is 37.9 Å². The van der Waals surface area contributed by atoms with Gasteiger partial charge in [-0.15, -0.1) is 0 Å². The van der Waals surface area contributed by atoms with Crippen molar-refractivity contribution in [2.45, 2.75) is 6.42 Å². The minimum atomic E-state index is 0.262. The van der Waals surface area contributed by atoms with E-state index in [-0.39, 0.29) is 5.69 Å².